The Morgan fingerprint density at radius 1 is 1.15 bits per heavy atom. The average Bonchev–Trinajstić information content (AvgIpc) is 2.57. The first-order chi connectivity index (χ1) is 12.7. The van der Waals surface area contributed by atoms with Gasteiger partial charge in [-0.05, 0) is 56.3 Å². The molecule has 0 saturated heterocycles. The number of nitrogens with zero attached hydrogens (tertiary/aromatic N) is 2. The summed E-state index contributed by atoms with van der Waals surface area (Å²) in [6.45, 7) is -0.217. The quantitative estimate of drug-likeness (QED) is 0.725. The molecule has 9 heteroatoms. The van der Waals surface area contributed by atoms with Crippen LogP contribution in [-0.4, -0.2) is 49.8 Å². The zero-order chi connectivity index (χ0) is 19.2. The molecule has 4 aliphatic rings. The highest BCUT2D eigenvalue weighted by molar-refractivity contribution is 7.90. The Morgan fingerprint density at radius 3 is 2.22 bits per heavy atom. The van der Waals surface area contributed by atoms with Crippen LogP contribution in [0, 0.1) is 17.8 Å². The van der Waals surface area contributed by atoms with Crippen LogP contribution in [0.2, 0.25) is 0 Å². The van der Waals surface area contributed by atoms with Gasteiger partial charge in [0.05, 0.1) is 13.2 Å². The maximum atomic E-state index is 12.5. The highest BCUT2D eigenvalue weighted by Crippen LogP contribution is 2.55. The fourth-order valence-electron chi connectivity index (χ4n) is 5.46. The molecule has 8 nitrogen and oxygen atoms in total. The minimum Gasteiger partial charge on any atom is -0.481 e. The average molecular weight is 395 g/mol. The van der Waals surface area contributed by atoms with Crippen molar-refractivity contribution in [1.82, 2.24) is 15.3 Å². The monoisotopic (exact) mass is 395 g/mol. The lowest BCUT2D eigenvalue weighted by atomic mass is 9.53. The third-order valence-corrected chi connectivity index (χ3v) is 6.84. The Bertz CT molecular complexity index is 819. The summed E-state index contributed by atoms with van der Waals surface area (Å²) in [5, 5.41) is 2.82. The van der Waals surface area contributed by atoms with Crippen molar-refractivity contribution >= 4 is 15.7 Å². The van der Waals surface area contributed by atoms with Crippen LogP contribution in [0.5, 0.6) is 11.8 Å². The molecule has 4 fully saturated rings. The molecular formula is C18H25N3O5S. The Balaban J connectivity index is 1.41. The van der Waals surface area contributed by atoms with Gasteiger partial charge < -0.3 is 14.8 Å². The van der Waals surface area contributed by atoms with Gasteiger partial charge in [0.1, 0.15) is 0 Å². The van der Waals surface area contributed by atoms with E-state index in [0.29, 0.717) is 0 Å². The lowest BCUT2D eigenvalue weighted by Gasteiger charge is -2.56. The molecule has 4 aliphatic carbocycles. The van der Waals surface area contributed by atoms with E-state index in [2.05, 4.69) is 15.3 Å². The van der Waals surface area contributed by atoms with Gasteiger partial charge in [0.15, 0.2) is 6.61 Å². The van der Waals surface area contributed by atoms with Crippen LogP contribution in [0.15, 0.2) is 11.2 Å². The van der Waals surface area contributed by atoms with Gasteiger partial charge in [0, 0.05) is 11.8 Å². The standard InChI is InChI=1S/C18H25N3O5S/c1-25-15-6-16(20-17(19-15)27(2,23)24)26-10-14(22)21-18-7-11-3-12(8-18)5-13(4-11)9-18/h6,11-13H,3-5,7-10H2,1-2H3,(H,21,22). The number of rotatable bonds is 6. The minimum atomic E-state index is -3.62. The fourth-order valence-corrected chi connectivity index (χ4v) is 5.97. The number of aromatic nitrogens is 2. The molecule has 0 spiro atoms. The summed E-state index contributed by atoms with van der Waals surface area (Å²) >= 11 is 0. The third-order valence-electron chi connectivity index (χ3n) is 5.99. The molecule has 1 aromatic heterocycles. The minimum absolute atomic E-state index is 0.00272. The Labute approximate surface area is 159 Å². The van der Waals surface area contributed by atoms with Crippen LogP contribution < -0.4 is 14.8 Å². The second-order valence-electron chi connectivity index (χ2n) is 8.34. The predicted octanol–water partition coefficient (Wildman–Crippen LogP) is 1.35. The highest BCUT2D eigenvalue weighted by Gasteiger charge is 2.51. The number of sulfone groups is 1. The number of hydrogen-bond acceptors (Lipinski definition) is 7. The summed E-state index contributed by atoms with van der Waals surface area (Å²) in [5.41, 5.74) is -0.0868. The number of carbonyl (C=O) groups is 1. The van der Waals surface area contributed by atoms with E-state index in [-0.39, 0.29) is 29.8 Å². The van der Waals surface area contributed by atoms with Crippen molar-refractivity contribution in [1.29, 1.82) is 0 Å². The molecule has 4 bridgehead atoms. The lowest BCUT2D eigenvalue weighted by Crippen LogP contribution is -2.60. The van der Waals surface area contributed by atoms with Gasteiger partial charge in [0.25, 0.3) is 11.1 Å². The van der Waals surface area contributed by atoms with Gasteiger partial charge in [-0.2, -0.15) is 9.97 Å². The fraction of sp³-hybridized carbons (Fsp3) is 0.722. The maximum Gasteiger partial charge on any atom is 0.258 e. The third kappa shape index (κ3) is 3.88. The van der Waals surface area contributed by atoms with Crippen LogP contribution in [0.1, 0.15) is 38.5 Å². The van der Waals surface area contributed by atoms with E-state index in [1.165, 1.54) is 32.4 Å². The summed E-state index contributed by atoms with van der Waals surface area (Å²) in [6, 6.07) is 1.37. The number of nitrogens with one attached hydrogen (secondary N) is 1. The van der Waals surface area contributed by atoms with Crippen molar-refractivity contribution in [3.05, 3.63) is 6.07 Å². The number of ether oxygens (including phenoxy) is 2. The Hall–Kier alpha value is -1.90. The number of hydrogen-bond donors (Lipinski definition) is 1. The summed E-state index contributed by atoms with van der Waals surface area (Å²) in [7, 11) is -2.24. The predicted molar refractivity (Wildman–Crippen MR) is 96.2 cm³/mol. The highest BCUT2D eigenvalue weighted by atomic mass is 32.2. The van der Waals surface area contributed by atoms with Crippen molar-refractivity contribution in [2.75, 3.05) is 20.0 Å². The SMILES string of the molecule is COc1cc(OCC(=O)NC23CC4CC(CC(C4)C2)C3)nc(S(C)(=O)=O)n1. The van der Waals surface area contributed by atoms with Crippen LogP contribution >= 0.6 is 0 Å². The number of amides is 1. The lowest BCUT2D eigenvalue weighted by molar-refractivity contribution is -0.128. The van der Waals surface area contributed by atoms with E-state index in [0.717, 1.165) is 43.3 Å². The van der Waals surface area contributed by atoms with Gasteiger partial charge in [-0.15, -0.1) is 0 Å². The Kier molecular flexibility index (Phi) is 4.52. The van der Waals surface area contributed by atoms with E-state index in [1.807, 2.05) is 0 Å². The second-order valence-corrected chi connectivity index (χ2v) is 10.2. The van der Waals surface area contributed by atoms with Crippen molar-refractivity contribution in [2.24, 2.45) is 17.8 Å². The van der Waals surface area contributed by atoms with E-state index in [9.17, 15) is 13.2 Å². The number of methoxy groups -OCH3 is 1. The van der Waals surface area contributed by atoms with Crippen molar-refractivity contribution < 1.29 is 22.7 Å². The first kappa shape index (κ1) is 18.5. The molecule has 1 aromatic rings. The number of carbonyl (C=O) groups excluding carboxylic acids is 1. The van der Waals surface area contributed by atoms with Crippen molar-refractivity contribution in [3.63, 3.8) is 0 Å². The molecule has 0 radical (unpaired) electrons. The first-order valence-electron chi connectivity index (χ1n) is 9.32. The zero-order valence-electron chi connectivity index (χ0n) is 15.6. The van der Waals surface area contributed by atoms with Crippen LogP contribution in [0.3, 0.4) is 0 Å². The van der Waals surface area contributed by atoms with Gasteiger partial charge in [-0.25, -0.2) is 8.42 Å². The normalized spacial score (nSPS) is 31.6. The first-order valence-corrected chi connectivity index (χ1v) is 11.2. The van der Waals surface area contributed by atoms with Gasteiger partial charge in [0.2, 0.25) is 21.6 Å². The molecule has 148 valence electrons. The molecule has 1 amide bonds. The van der Waals surface area contributed by atoms with Gasteiger partial charge >= 0.3 is 0 Å². The van der Waals surface area contributed by atoms with E-state index in [1.54, 1.807) is 0 Å². The molecule has 0 aliphatic heterocycles. The molecule has 0 atom stereocenters. The van der Waals surface area contributed by atoms with Crippen LogP contribution in [-0.2, 0) is 14.6 Å². The summed E-state index contributed by atoms with van der Waals surface area (Å²) in [5.74, 6) is 2.09. The van der Waals surface area contributed by atoms with Crippen LogP contribution in [0.25, 0.3) is 0 Å². The van der Waals surface area contributed by atoms with Crippen LogP contribution in [0.4, 0.5) is 0 Å². The van der Waals surface area contributed by atoms with Crippen molar-refractivity contribution in [2.45, 2.75) is 49.2 Å². The smallest absolute Gasteiger partial charge is 0.258 e. The largest absolute Gasteiger partial charge is 0.481 e. The molecule has 0 aromatic carbocycles. The van der Waals surface area contributed by atoms with E-state index >= 15 is 0 Å². The van der Waals surface area contributed by atoms with Gasteiger partial charge in [-0.3, -0.25) is 4.79 Å². The molecule has 5 rings (SSSR count). The molecule has 1 N–H and O–H groups in total. The summed E-state index contributed by atoms with van der Waals surface area (Å²) in [4.78, 5) is 20.2. The van der Waals surface area contributed by atoms with Crippen molar-refractivity contribution in [3.8, 4) is 11.8 Å². The molecule has 1 heterocycles. The topological polar surface area (TPSA) is 107 Å². The molecule has 4 saturated carbocycles. The van der Waals surface area contributed by atoms with E-state index < -0.39 is 15.0 Å². The second kappa shape index (κ2) is 6.61. The Morgan fingerprint density at radius 2 is 1.70 bits per heavy atom. The molecular weight excluding hydrogens is 370 g/mol. The molecule has 27 heavy (non-hydrogen) atoms. The summed E-state index contributed by atoms with van der Waals surface area (Å²) < 4.78 is 33.8. The molecule has 0 unspecified atom stereocenters. The van der Waals surface area contributed by atoms with Gasteiger partial charge in [-0.1, -0.05) is 0 Å². The maximum absolute atomic E-state index is 12.5. The summed E-state index contributed by atoms with van der Waals surface area (Å²) in [6.07, 6.45) is 8.10. The van der Waals surface area contributed by atoms with E-state index in [4.69, 9.17) is 9.47 Å². The zero-order valence-corrected chi connectivity index (χ0v) is 16.4.